The van der Waals surface area contributed by atoms with Gasteiger partial charge in [-0.05, 0) is 49.8 Å². The number of benzene rings is 1. The highest BCUT2D eigenvalue weighted by Crippen LogP contribution is 2.26. The summed E-state index contributed by atoms with van der Waals surface area (Å²) in [6, 6.07) is 3.69. The molecule has 33 heavy (non-hydrogen) atoms. The third kappa shape index (κ3) is 5.41. The summed E-state index contributed by atoms with van der Waals surface area (Å²) in [5.74, 6) is -0.566. The normalized spacial score (nSPS) is 18.9. The zero-order valence-electron chi connectivity index (χ0n) is 18.4. The molecule has 1 aromatic carbocycles. The van der Waals surface area contributed by atoms with Crippen LogP contribution >= 0.6 is 0 Å². The third-order valence-electron chi connectivity index (χ3n) is 4.92. The van der Waals surface area contributed by atoms with Gasteiger partial charge in [-0.2, -0.15) is 15.0 Å². The fourth-order valence-corrected chi connectivity index (χ4v) is 3.36. The number of alkyl halides is 1. The van der Waals surface area contributed by atoms with Crippen molar-refractivity contribution in [2.45, 2.75) is 51.6 Å². The van der Waals surface area contributed by atoms with Gasteiger partial charge in [-0.15, -0.1) is 5.10 Å². The first-order chi connectivity index (χ1) is 15.7. The van der Waals surface area contributed by atoms with Crippen LogP contribution in [-0.4, -0.2) is 71.1 Å². The number of tetrazole rings is 1. The molecule has 0 aliphatic carbocycles. The number of hydrogen-bond donors (Lipinski definition) is 0. The van der Waals surface area contributed by atoms with Crippen LogP contribution in [0.2, 0.25) is 0 Å². The van der Waals surface area contributed by atoms with Crippen molar-refractivity contribution >= 4 is 6.09 Å². The maximum atomic E-state index is 14.8. The molecule has 3 aromatic rings. The molecule has 11 nitrogen and oxygen atoms in total. The quantitative estimate of drug-likeness (QED) is 0.568. The SMILES string of the molecule is CC(C)(C)OC(=O)N1CC[C@@H](n2ncc(COc3ccc(-n4cnnn4)cc3F)n2)[C@@H](F)C1. The highest BCUT2D eigenvalue weighted by atomic mass is 19.1. The summed E-state index contributed by atoms with van der Waals surface area (Å²) in [5.41, 5.74) is 0.217. The van der Waals surface area contributed by atoms with Crippen molar-refractivity contribution in [1.82, 2.24) is 40.1 Å². The molecule has 2 aromatic heterocycles. The lowest BCUT2D eigenvalue weighted by Crippen LogP contribution is -2.47. The molecule has 1 aliphatic heterocycles. The zero-order valence-corrected chi connectivity index (χ0v) is 18.4. The van der Waals surface area contributed by atoms with Crippen molar-refractivity contribution in [1.29, 1.82) is 0 Å². The zero-order chi connectivity index (χ0) is 23.6. The molecule has 0 radical (unpaired) electrons. The first-order valence-corrected chi connectivity index (χ1v) is 10.4. The van der Waals surface area contributed by atoms with Crippen LogP contribution in [0.25, 0.3) is 5.69 Å². The first kappa shape index (κ1) is 22.6. The highest BCUT2D eigenvalue weighted by Gasteiger charge is 2.35. The molecule has 0 bridgehead atoms. The molecule has 0 saturated carbocycles. The van der Waals surface area contributed by atoms with Crippen molar-refractivity contribution < 1.29 is 23.0 Å². The van der Waals surface area contributed by atoms with E-state index in [0.717, 1.165) is 0 Å². The van der Waals surface area contributed by atoms with E-state index in [1.807, 2.05) is 0 Å². The van der Waals surface area contributed by atoms with Crippen LogP contribution in [-0.2, 0) is 11.3 Å². The number of carbonyl (C=O) groups excluding carboxylic acids is 1. The molecule has 4 rings (SSSR count). The molecular formula is C20H24F2N8O3. The van der Waals surface area contributed by atoms with Gasteiger partial charge in [0.15, 0.2) is 11.6 Å². The Balaban J connectivity index is 1.34. The fourth-order valence-electron chi connectivity index (χ4n) is 3.36. The van der Waals surface area contributed by atoms with Gasteiger partial charge in [0.2, 0.25) is 0 Å². The van der Waals surface area contributed by atoms with Gasteiger partial charge in [0.05, 0.1) is 18.4 Å². The average Bonchev–Trinajstić information content (AvgIpc) is 3.44. The maximum Gasteiger partial charge on any atom is 0.410 e. The minimum atomic E-state index is -1.36. The van der Waals surface area contributed by atoms with Gasteiger partial charge in [0.1, 0.15) is 36.4 Å². The van der Waals surface area contributed by atoms with Gasteiger partial charge in [-0.25, -0.2) is 18.3 Å². The number of likely N-dealkylation sites (tertiary alicyclic amines) is 1. The molecule has 13 heteroatoms. The predicted octanol–water partition coefficient (Wildman–Crippen LogP) is 2.49. The first-order valence-electron chi connectivity index (χ1n) is 10.4. The topological polar surface area (TPSA) is 113 Å². The molecule has 1 fully saturated rings. The maximum absolute atomic E-state index is 14.8. The second-order valence-electron chi connectivity index (χ2n) is 8.61. The summed E-state index contributed by atoms with van der Waals surface area (Å²) >= 11 is 0. The second kappa shape index (κ2) is 9.08. The van der Waals surface area contributed by atoms with Crippen LogP contribution in [0.1, 0.15) is 38.9 Å². The fraction of sp³-hybridized carbons (Fsp3) is 0.500. The second-order valence-corrected chi connectivity index (χ2v) is 8.61. The monoisotopic (exact) mass is 462 g/mol. The lowest BCUT2D eigenvalue weighted by molar-refractivity contribution is 0.00443. The minimum Gasteiger partial charge on any atom is -0.484 e. The molecule has 1 amide bonds. The van der Waals surface area contributed by atoms with E-state index in [1.54, 1.807) is 26.8 Å². The number of ether oxygens (including phenoxy) is 2. The third-order valence-corrected chi connectivity index (χ3v) is 4.92. The summed E-state index contributed by atoms with van der Waals surface area (Å²) in [6.07, 6.45) is 1.23. The van der Waals surface area contributed by atoms with E-state index < -0.39 is 29.7 Å². The Bertz CT molecular complexity index is 1100. The number of nitrogens with zero attached hydrogens (tertiary/aromatic N) is 8. The number of rotatable bonds is 5. The Morgan fingerprint density at radius 2 is 2.12 bits per heavy atom. The van der Waals surface area contributed by atoms with Crippen molar-refractivity contribution in [2.75, 3.05) is 13.1 Å². The van der Waals surface area contributed by atoms with Crippen LogP contribution in [0, 0.1) is 5.82 Å². The number of halogens is 2. The molecule has 176 valence electrons. The standard InChI is InChI=1S/C20H24F2N8O3/c1-20(2,3)33-19(31)28-7-6-17(16(22)10-28)30-24-9-13(25-30)11-32-18-5-4-14(8-15(18)21)29-12-23-26-27-29/h4-5,8-9,12,16-17H,6-7,10-11H2,1-3H3/t16-,17+/m0/s1. The van der Waals surface area contributed by atoms with Gasteiger partial charge in [0.25, 0.3) is 0 Å². The molecule has 0 spiro atoms. The average molecular weight is 462 g/mol. The Hall–Kier alpha value is -3.64. The number of aromatic nitrogens is 7. The van der Waals surface area contributed by atoms with Gasteiger partial charge in [0, 0.05) is 12.6 Å². The van der Waals surface area contributed by atoms with E-state index in [0.29, 0.717) is 24.3 Å². The van der Waals surface area contributed by atoms with E-state index in [2.05, 4.69) is 25.7 Å². The van der Waals surface area contributed by atoms with E-state index >= 15 is 0 Å². The highest BCUT2D eigenvalue weighted by molar-refractivity contribution is 5.68. The summed E-state index contributed by atoms with van der Waals surface area (Å²) in [7, 11) is 0. The Kier molecular flexibility index (Phi) is 6.20. The Morgan fingerprint density at radius 1 is 1.30 bits per heavy atom. The van der Waals surface area contributed by atoms with Gasteiger partial charge in [-0.3, -0.25) is 0 Å². The number of amides is 1. The number of carbonyl (C=O) groups is 1. The smallest absolute Gasteiger partial charge is 0.410 e. The number of hydrogen-bond acceptors (Lipinski definition) is 8. The summed E-state index contributed by atoms with van der Waals surface area (Å²) in [5, 5.41) is 19.1. The van der Waals surface area contributed by atoms with Crippen LogP contribution in [0.5, 0.6) is 5.75 Å². The molecular weight excluding hydrogens is 438 g/mol. The summed E-state index contributed by atoms with van der Waals surface area (Å²) < 4.78 is 41.3. The Morgan fingerprint density at radius 3 is 2.79 bits per heavy atom. The van der Waals surface area contributed by atoms with Crippen LogP contribution in [0.4, 0.5) is 13.6 Å². The van der Waals surface area contributed by atoms with Gasteiger partial charge < -0.3 is 14.4 Å². The van der Waals surface area contributed by atoms with E-state index in [9.17, 15) is 13.6 Å². The predicted molar refractivity (Wildman–Crippen MR) is 110 cm³/mol. The summed E-state index contributed by atoms with van der Waals surface area (Å²) in [4.78, 5) is 14.8. The van der Waals surface area contributed by atoms with Crippen molar-refractivity contribution in [3.05, 3.63) is 42.2 Å². The summed E-state index contributed by atoms with van der Waals surface area (Å²) in [6.45, 7) is 5.45. The molecule has 3 heterocycles. The molecule has 0 unspecified atom stereocenters. The lowest BCUT2D eigenvalue weighted by Gasteiger charge is -2.35. The molecule has 0 N–H and O–H groups in total. The van der Waals surface area contributed by atoms with Crippen molar-refractivity contribution in [2.24, 2.45) is 0 Å². The van der Waals surface area contributed by atoms with Crippen molar-refractivity contribution in [3.8, 4) is 11.4 Å². The van der Waals surface area contributed by atoms with Gasteiger partial charge in [-0.1, -0.05) is 0 Å². The van der Waals surface area contributed by atoms with E-state index in [1.165, 1.54) is 39.0 Å². The van der Waals surface area contributed by atoms with E-state index in [-0.39, 0.29) is 18.9 Å². The van der Waals surface area contributed by atoms with Crippen LogP contribution in [0.3, 0.4) is 0 Å². The molecule has 2 atom stereocenters. The van der Waals surface area contributed by atoms with Crippen molar-refractivity contribution in [3.63, 3.8) is 0 Å². The molecule has 1 aliphatic rings. The van der Waals surface area contributed by atoms with Crippen LogP contribution in [0.15, 0.2) is 30.7 Å². The lowest BCUT2D eigenvalue weighted by atomic mass is 10.0. The van der Waals surface area contributed by atoms with Crippen LogP contribution < -0.4 is 4.74 Å². The number of piperidine rings is 1. The Labute approximate surface area is 188 Å². The van der Waals surface area contributed by atoms with E-state index in [4.69, 9.17) is 9.47 Å². The largest absolute Gasteiger partial charge is 0.484 e. The minimum absolute atomic E-state index is 0.0235. The van der Waals surface area contributed by atoms with Gasteiger partial charge >= 0.3 is 6.09 Å². The molecule has 1 saturated heterocycles.